The molecule has 2 aliphatic heterocycles. The first-order chi connectivity index (χ1) is 13.9. The van der Waals surface area contributed by atoms with Crippen LogP contribution < -0.4 is 0 Å². The average Bonchev–Trinajstić information content (AvgIpc) is 3.41. The predicted molar refractivity (Wildman–Crippen MR) is 116 cm³/mol. The number of benzene rings is 1. The largest absolute Gasteiger partial charge is 0.408 e. The van der Waals surface area contributed by atoms with Gasteiger partial charge in [0.25, 0.3) is 5.91 Å². The van der Waals surface area contributed by atoms with Crippen LogP contribution in [-0.4, -0.2) is 67.4 Å². The van der Waals surface area contributed by atoms with Crippen LogP contribution in [0.5, 0.6) is 0 Å². The van der Waals surface area contributed by atoms with E-state index in [4.69, 9.17) is 16.4 Å². The van der Waals surface area contributed by atoms with Gasteiger partial charge >= 0.3 is 0 Å². The minimum absolute atomic E-state index is 0.00183. The smallest absolute Gasteiger partial charge is 0.264 e. The van der Waals surface area contributed by atoms with E-state index in [1.807, 2.05) is 12.1 Å². The van der Waals surface area contributed by atoms with E-state index in [-0.39, 0.29) is 11.9 Å². The zero-order valence-electron chi connectivity index (χ0n) is 16.6. The molecule has 4 rings (SSSR count). The second-order valence-corrected chi connectivity index (χ2v) is 8.94. The van der Waals surface area contributed by atoms with Gasteiger partial charge in [-0.1, -0.05) is 35.9 Å². The SMILES string of the molecule is CN(CC1=CC(c2ccc(C3=NCCN3C)cc2)N(C)O1)C(=O)c1ccc(Cl)s1. The number of hydrogen-bond donors (Lipinski definition) is 0. The van der Waals surface area contributed by atoms with Gasteiger partial charge in [-0.15, -0.1) is 16.4 Å². The molecule has 0 bridgehead atoms. The number of nitrogens with zero attached hydrogens (tertiary/aromatic N) is 4. The summed E-state index contributed by atoms with van der Waals surface area (Å²) >= 11 is 7.22. The molecular formula is C21H23ClN4O2S. The summed E-state index contributed by atoms with van der Waals surface area (Å²) < 4.78 is 0.607. The van der Waals surface area contributed by atoms with E-state index in [0.717, 1.165) is 35.8 Å². The molecule has 1 aromatic heterocycles. The van der Waals surface area contributed by atoms with E-state index in [0.29, 0.717) is 15.8 Å². The number of amidine groups is 1. The van der Waals surface area contributed by atoms with Gasteiger partial charge in [0.05, 0.1) is 28.3 Å². The number of rotatable bonds is 5. The number of likely N-dealkylation sites (N-methyl/N-ethyl adjacent to an activating group) is 3. The molecule has 3 heterocycles. The molecule has 1 aromatic carbocycles. The lowest BCUT2D eigenvalue weighted by atomic mass is 10.0. The summed E-state index contributed by atoms with van der Waals surface area (Å²) in [6.07, 6.45) is 2.05. The predicted octanol–water partition coefficient (Wildman–Crippen LogP) is 3.67. The zero-order valence-corrected chi connectivity index (χ0v) is 18.2. The van der Waals surface area contributed by atoms with Crippen molar-refractivity contribution < 1.29 is 9.63 Å². The minimum atomic E-state index is -0.0664. The zero-order chi connectivity index (χ0) is 20.5. The van der Waals surface area contributed by atoms with Gasteiger partial charge in [0, 0.05) is 33.3 Å². The average molecular weight is 431 g/mol. The topological polar surface area (TPSA) is 48.4 Å². The summed E-state index contributed by atoms with van der Waals surface area (Å²) in [5.74, 6) is 1.72. The van der Waals surface area contributed by atoms with Gasteiger partial charge in [-0.05, 0) is 23.8 Å². The van der Waals surface area contributed by atoms with Crippen LogP contribution in [0.25, 0.3) is 0 Å². The molecule has 0 fully saturated rings. The number of thiophene rings is 1. The molecule has 1 atom stereocenters. The third kappa shape index (κ3) is 4.17. The third-order valence-corrected chi connectivity index (χ3v) is 6.31. The quantitative estimate of drug-likeness (QED) is 0.726. The maximum atomic E-state index is 12.5. The number of carbonyl (C=O) groups is 1. The molecule has 0 saturated heterocycles. The van der Waals surface area contributed by atoms with Crippen LogP contribution in [-0.2, 0) is 4.84 Å². The Morgan fingerprint density at radius 1 is 1.28 bits per heavy atom. The molecule has 29 heavy (non-hydrogen) atoms. The van der Waals surface area contributed by atoms with Crippen molar-refractivity contribution in [3.63, 3.8) is 0 Å². The summed E-state index contributed by atoms with van der Waals surface area (Å²) in [4.78, 5) is 27.4. The Morgan fingerprint density at radius 2 is 2.03 bits per heavy atom. The lowest BCUT2D eigenvalue weighted by Crippen LogP contribution is -2.28. The maximum absolute atomic E-state index is 12.5. The molecule has 6 nitrogen and oxygen atoms in total. The summed E-state index contributed by atoms with van der Waals surface area (Å²) in [6, 6.07) is 11.9. The van der Waals surface area contributed by atoms with Crippen LogP contribution >= 0.6 is 22.9 Å². The fraction of sp³-hybridized carbons (Fsp3) is 0.333. The van der Waals surface area contributed by atoms with Crippen molar-refractivity contribution in [3.8, 4) is 0 Å². The first-order valence-corrected chi connectivity index (χ1v) is 10.6. The highest BCUT2D eigenvalue weighted by Crippen LogP contribution is 2.31. The summed E-state index contributed by atoms with van der Waals surface area (Å²) in [7, 11) is 5.73. The number of hydrogen-bond acceptors (Lipinski definition) is 6. The van der Waals surface area contributed by atoms with Crippen molar-refractivity contribution in [1.29, 1.82) is 0 Å². The normalized spacial score (nSPS) is 19.2. The van der Waals surface area contributed by atoms with Crippen molar-refractivity contribution in [1.82, 2.24) is 14.9 Å². The molecule has 2 aromatic rings. The van der Waals surface area contributed by atoms with Gasteiger partial charge in [-0.25, -0.2) is 0 Å². The van der Waals surface area contributed by atoms with E-state index in [1.165, 1.54) is 11.3 Å². The second-order valence-electron chi connectivity index (χ2n) is 7.23. The molecular weight excluding hydrogens is 408 g/mol. The summed E-state index contributed by atoms with van der Waals surface area (Å²) in [6.45, 7) is 2.21. The Morgan fingerprint density at radius 3 is 2.66 bits per heavy atom. The van der Waals surface area contributed by atoms with Crippen LogP contribution in [0.1, 0.15) is 26.8 Å². The van der Waals surface area contributed by atoms with E-state index in [2.05, 4.69) is 47.3 Å². The molecule has 152 valence electrons. The van der Waals surface area contributed by atoms with Gasteiger partial charge < -0.3 is 14.6 Å². The maximum Gasteiger partial charge on any atom is 0.264 e. The van der Waals surface area contributed by atoms with Gasteiger partial charge in [0.2, 0.25) is 0 Å². The monoisotopic (exact) mass is 430 g/mol. The molecule has 0 aliphatic carbocycles. The number of halogens is 1. The summed E-state index contributed by atoms with van der Waals surface area (Å²) in [5, 5.41) is 1.81. The molecule has 8 heteroatoms. The Kier molecular flexibility index (Phi) is 5.63. The van der Waals surface area contributed by atoms with E-state index >= 15 is 0 Å². The van der Waals surface area contributed by atoms with Gasteiger partial charge in [0.1, 0.15) is 11.6 Å². The molecule has 2 aliphatic rings. The molecule has 0 spiro atoms. The van der Waals surface area contributed by atoms with E-state index in [1.54, 1.807) is 24.1 Å². The van der Waals surface area contributed by atoms with Crippen molar-refractivity contribution in [2.75, 3.05) is 40.8 Å². The Balaban J connectivity index is 1.44. The van der Waals surface area contributed by atoms with E-state index < -0.39 is 0 Å². The Bertz CT molecular complexity index is 969. The third-order valence-electron chi connectivity index (χ3n) is 5.09. The molecule has 0 saturated carbocycles. The van der Waals surface area contributed by atoms with Crippen molar-refractivity contribution in [2.24, 2.45) is 4.99 Å². The standard InChI is InChI=1S/C21H23ClN4O2S/c1-24-11-10-23-20(24)15-6-4-14(5-7-15)17-12-16(28-26(17)3)13-25(2)21(27)18-8-9-19(22)29-18/h4-9,12,17H,10-11,13H2,1-3H3. The fourth-order valence-electron chi connectivity index (χ4n) is 3.54. The van der Waals surface area contributed by atoms with Crippen molar-refractivity contribution >= 4 is 34.7 Å². The van der Waals surface area contributed by atoms with Gasteiger partial charge in [-0.2, -0.15) is 0 Å². The number of carbonyl (C=O) groups excluding carboxylic acids is 1. The van der Waals surface area contributed by atoms with Crippen LogP contribution in [0.3, 0.4) is 0 Å². The lowest BCUT2D eigenvalue weighted by Gasteiger charge is -2.20. The highest BCUT2D eigenvalue weighted by molar-refractivity contribution is 7.17. The number of aliphatic imine (C=N–C) groups is 1. The first-order valence-electron chi connectivity index (χ1n) is 9.40. The molecule has 1 amide bonds. The summed E-state index contributed by atoms with van der Waals surface area (Å²) in [5.41, 5.74) is 2.26. The lowest BCUT2D eigenvalue weighted by molar-refractivity contribution is -0.0983. The Hall–Kier alpha value is -2.35. The van der Waals surface area contributed by atoms with Crippen LogP contribution in [0.15, 0.2) is 53.2 Å². The molecule has 1 unspecified atom stereocenters. The van der Waals surface area contributed by atoms with Crippen molar-refractivity contribution in [2.45, 2.75) is 6.04 Å². The van der Waals surface area contributed by atoms with Crippen LogP contribution in [0.4, 0.5) is 0 Å². The minimum Gasteiger partial charge on any atom is -0.408 e. The van der Waals surface area contributed by atoms with Crippen LogP contribution in [0.2, 0.25) is 4.34 Å². The second kappa shape index (κ2) is 8.18. The fourth-order valence-corrected chi connectivity index (χ4v) is 4.58. The van der Waals surface area contributed by atoms with Gasteiger partial charge in [-0.3, -0.25) is 9.79 Å². The first kappa shape index (κ1) is 19.9. The number of amides is 1. The molecule has 0 radical (unpaired) electrons. The van der Waals surface area contributed by atoms with E-state index in [9.17, 15) is 4.79 Å². The Labute approximate surface area is 179 Å². The number of hydroxylamine groups is 2. The highest BCUT2D eigenvalue weighted by Gasteiger charge is 2.27. The van der Waals surface area contributed by atoms with Gasteiger partial charge in [0.15, 0.2) is 0 Å². The van der Waals surface area contributed by atoms with Crippen molar-refractivity contribution in [3.05, 3.63) is 68.6 Å². The highest BCUT2D eigenvalue weighted by atomic mass is 35.5. The molecule has 0 N–H and O–H groups in total. The van der Waals surface area contributed by atoms with Crippen LogP contribution in [0, 0.1) is 0 Å².